The van der Waals surface area contributed by atoms with E-state index in [1.807, 2.05) is 23.7 Å². The third-order valence-corrected chi connectivity index (χ3v) is 5.46. The van der Waals surface area contributed by atoms with E-state index in [0.29, 0.717) is 4.88 Å². The molecule has 5 heteroatoms. The minimum absolute atomic E-state index is 0.408. The number of hydrogen-bond donors (Lipinski definition) is 1. The summed E-state index contributed by atoms with van der Waals surface area (Å²) >= 11 is 1.36. The molecule has 1 aliphatic rings. The standard InChI is InChI=1S/C18H16N2O2S/c1-10-4-3-5-13(8-10)20-14-7-6-12-9-15(18(21)22)23-17(12)16(14)11(2)19-20/h3-5,8-9H,6-7H2,1-2H3,(H,21,22). The highest BCUT2D eigenvalue weighted by Crippen LogP contribution is 2.42. The van der Waals surface area contributed by atoms with Gasteiger partial charge in [-0.1, -0.05) is 12.1 Å². The zero-order valence-electron chi connectivity index (χ0n) is 13.0. The maximum atomic E-state index is 11.3. The predicted molar refractivity (Wildman–Crippen MR) is 90.7 cm³/mol. The normalized spacial score (nSPS) is 12.8. The average Bonchev–Trinajstić information content (AvgIpc) is 3.08. The molecule has 23 heavy (non-hydrogen) atoms. The number of carbonyl (C=O) groups is 1. The first kappa shape index (κ1) is 14.2. The van der Waals surface area contributed by atoms with Crippen LogP contribution in [0.15, 0.2) is 30.3 Å². The molecule has 0 atom stereocenters. The van der Waals surface area contributed by atoms with E-state index in [9.17, 15) is 9.90 Å². The van der Waals surface area contributed by atoms with Gasteiger partial charge in [0.2, 0.25) is 0 Å². The number of fused-ring (bicyclic) bond motifs is 3. The van der Waals surface area contributed by atoms with Gasteiger partial charge in [0.15, 0.2) is 0 Å². The van der Waals surface area contributed by atoms with Crippen LogP contribution in [0.2, 0.25) is 0 Å². The van der Waals surface area contributed by atoms with E-state index in [2.05, 4.69) is 25.1 Å². The molecule has 0 unspecified atom stereocenters. The van der Waals surface area contributed by atoms with Crippen molar-refractivity contribution in [1.82, 2.24) is 9.78 Å². The molecule has 0 saturated carbocycles. The summed E-state index contributed by atoms with van der Waals surface area (Å²) in [6, 6.07) is 10.1. The van der Waals surface area contributed by atoms with E-state index < -0.39 is 5.97 Å². The van der Waals surface area contributed by atoms with E-state index in [1.54, 1.807) is 0 Å². The summed E-state index contributed by atoms with van der Waals surface area (Å²) in [5.74, 6) is -0.852. The largest absolute Gasteiger partial charge is 0.477 e. The lowest BCUT2D eigenvalue weighted by molar-refractivity contribution is 0.0702. The molecule has 2 heterocycles. The summed E-state index contributed by atoms with van der Waals surface area (Å²) in [7, 11) is 0. The molecule has 4 nitrogen and oxygen atoms in total. The Morgan fingerprint density at radius 2 is 2.09 bits per heavy atom. The van der Waals surface area contributed by atoms with Crippen molar-refractivity contribution in [3.8, 4) is 16.1 Å². The number of rotatable bonds is 2. The number of carboxylic acids is 1. The van der Waals surface area contributed by atoms with Crippen LogP contribution in [-0.4, -0.2) is 20.9 Å². The van der Waals surface area contributed by atoms with Crippen LogP contribution in [-0.2, 0) is 12.8 Å². The van der Waals surface area contributed by atoms with Gasteiger partial charge >= 0.3 is 5.97 Å². The molecular formula is C18H16N2O2S. The molecule has 0 spiro atoms. The van der Waals surface area contributed by atoms with E-state index in [-0.39, 0.29) is 0 Å². The lowest BCUT2D eigenvalue weighted by Gasteiger charge is -2.15. The zero-order valence-corrected chi connectivity index (χ0v) is 13.8. The minimum atomic E-state index is -0.852. The summed E-state index contributed by atoms with van der Waals surface area (Å²) in [5, 5.41) is 14.0. The molecular weight excluding hydrogens is 308 g/mol. The molecule has 116 valence electrons. The number of aromatic carboxylic acids is 1. The van der Waals surface area contributed by atoms with Gasteiger partial charge in [0.05, 0.1) is 17.1 Å². The fraction of sp³-hybridized carbons (Fsp3) is 0.222. The average molecular weight is 324 g/mol. The molecule has 0 radical (unpaired) electrons. The van der Waals surface area contributed by atoms with Crippen molar-refractivity contribution < 1.29 is 9.90 Å². The highest BCUT2D eigenvalue weighted by Gasteiger charge is 2.27. The van der Waals surface area contributed by atoms with Crippen LogP contribution in [0, 0.1) is 13.8 Å². The number of hydrogen-bond acceptors (Lipinski definition) is 3. The molecule has 0 aliphatic heterocycles. The van der Waals surface area contributed by atoms with Crippen LogP contribution < -0.4 is 0 Å². The molecule has 2 aromatic heterocycles. The Kier molecular flexibility index (Phi) is 3.13. The van der Waals surface area contributed by atoms with E-state index in [4.69, 9.17) is 5.10 Å². The number of aryl methyl sites for hydroxylation is 3. The van der Waals surface area contributed by atoms with Crippen molar-refractivity contribution in [2.75, 3.05) is 0 Å². The second kappa shape index (κ2) is 5.06. The van der Waals surface area contributed by atoms with Crippen molar-refractivity contribution in [2.45, 2.75) is 26.7 Å². The number of thiophene rings is 1. The van der Waals surface area contributed by atoms with Crippen molar-refractivity contribution in [3.63, 3.8) is 0 Å². The summed E-state index contributed by atoms with van der Waals surface area (Å²) in [5.41, 5.74) is 6.65. The first-order valence-electron chi connectivity index (χ1n) is 7.56. The summed E-state index contributed by atoms with van der Waals surface area (Å²) in [6.45, 7) is 4.07. The molecule has 1 N–H and O–H groups in total. The van der Waals surface area contributed by atoms with Crippen molar-refractivity contribution in [2.24, 2.45) is 0 Å². The highest BCUT2D eigenvalue weighted by atomic mass is 32.1. The van der Waals surface area contributed by atoms with Gasteiger partial charge in [0.25, 0.3) is 0 Å². The van der Waals surface area contributed by atoms with Crippen molar-refractivity contribution in [3.05, 3.63) is 57.7 Å². The Labute approximate surface area is 138 Å². The lowest BCUT2D eigenvalue weighted by atomic mass is 9.95. The number of carboxylic acid groups (broad SMARTS) is 1. The number of nitrogens with zero attached hydrogens (tertiary/aromatic N) is 2. The molecule has 1 aliphatic carbocycles. The summed E-state index contributed by atoms with van der Waals surface area (Å²) < 4.78 is 2.01. The predicted octanol–water partition coefficient (Wildman–Crippen LogP) is 4.01. The third-order valence-electron chi connectivity index (χ3n) is 4.28. The second-order valence-electron chi connectivity index (χ2n) is 5.93. The van der Waals surface area contributed by atoms with E-state index in [1.165, 1.54) is 22.6 Å². The Hall–Kier alpha value is -2.40. The lowest BCUT2D eigenvalue weighted by Crippen LogP contribution is -2.07. The zero-order chi connectivity index (χ0) is 16.1. The maximum absolute atomic E-state index is 11.3. The Bertz CT molecular complexity index is 937. The molecule has 1 aromatic carbocycles. The van der Waals surface area contributed by atoms with Gasteiger partial charge < -0.3 is 5.11 Å². The first-order chi connectivity index (χ1) is 11.0. The SMILES string of the molecule is Cc1cccc(-n2nc(C)c3c2CCc2cc(C(=O)O)sc2-3)c1. The monoisotopic (exact) mass is 324 g/mol. The number of benzene rings is 1. The topological polar surface area (TPSA) is 55.1 Å². The van der Waals surface area contributed by atoms with Crippen LogP contribution in [0.3, 0.4) is 0 Å². The van der Waals surface area contributed by atoms with Crippen LogP contribution in [0.5, 0.6) is 0 Å². The molecule has 0 bridgehead atoms. The van der Waals surface area contributed by atoms with Gasteiger partial charge in [-0.3, -0.25) is 0 Å². The van der Waals surface area contributed by atoms with Gasteiger partial charge in [-0.2, -0.15) is 5.10 Å². The molecule has 0 amide bonds. The smallest absolute Gasteiger partial charge is 0.345 e. The van der Waals surface area contributed by atoms with Gasteiger partial charge in [0.1, 0.15) is 4.88 Å². The fourth-order valence-corrected chi connectivity index (χ4v) is 4.43. The summed E-state index contributed by atoms with van der Waals surface area (Å²) in [6.07, 6.45) is 1.75. The molecule has 4 rings (SSSR count). The van der Waals surface area contributed by atoms with Crippen molar-refractivity contribution in [1.29, 1.82) is 0 Å². The van der Waals surface area contributed by atoms with Gasteiger partial charge in [-0.25, -0.2) is 9.48 Å². The van der Waals surface area contributed by atoms with Gasteiger partial charge in [0, 0.05) is 10.4 Å². The van der Waals surface area contributed by atoms with Gasteiger partial charge in [-0.15, -0.1) is 11.3 Å². The van der Waals surface area contributed by atoms with E-state index >= 15 is 0 Å². The maximum Gasteiger partial charge on any atom is 0.345 e. The number of aromatic nitrogens is 2. The molecule has 0 fully saturated rings. The Morgan fingerprint density at radius 3 is 2.83 bits per heavy atom. The van der Waals surface area contributed by atoms with Crippen LogP contribution in [0.1, 0.15) is 32.2 Å². The van der Waals surface area contributed by atoms with E-state index in [0.717, 1.165) is 40.2 Å². The van der Waals surface area contributed by atoms with Gasteiger partial charge in [-0.05, 0) is 56.0 Å². The highest BCUT2D eigenvalue weighted by molar-refractivity contribution is 7.17. The second-order valence-corrected chi connectivity index (χ2v) is 6.98. The Balaban J connectivity index is 1.91. The minimum Gasteiger partial charge on any atom is -0.477 e. The van der Waals surface area contributed by atoms with Crippen molar-refractivity contribution >= 4 is 17.3 Å². The van der Waals surface area contributed by atoms with Crippen LogP contribution in [0.4, 0.5) is 0 Å². The molecule has 0 saturated heterocycles. The van der Waals surface area contributed by atoms with Crippen LogP contribution in [0.25, 0.3) is 16.1 Å². The van der Waals surface area contributed by atoms with Crippen LogP contribution >= 0.6 is 11.3 Å². The molecule has 3 aromatic rings. The third kappa shape index (κ3) is 2.19. The quantitative estimate of drug-likeness (QED) is 0.775. The first-order valence-corrected chi connectivity index (χ1v) is 8.38. The Morgan fingerprint density at radius 1 is 1.26 bits per heavy atom. The fourth-order valence-electron chi connectivity index (χ4n) is 3.26. The summed E-state index contributed by atoms with van der Waals surface area (Å²) in [4.78, 5) is 12.7.